The van der Waals surface area contributed by atoms with Crippen molar-refractivity contribution < 1.29 is 23.9 Å². The molecule has 0 spiro atoms. The van der Waals surface area contributed by atoms with Crippen LogP contribution in [0.4, 0.5) is 16.2 Å². The van der Waals surface area contributed by atoms with Gasteiger partial charge in [-0.15, -0.1) is 0 Å². The fraction of sp³-hybridized carbons (Fsp3) is 0.667. The molecule has 3 rings (SSSR count). The first-order chi connectivity index (χ1) is 17.1. The van der Waals surface area contributed by atoms with Gasteiger partial charge in [0.15, 0.2) is 0 Å². The number of piperidine rings is 1. The molecule has 2 aliphatic rings. The van der Waals surface area contributed by atoms with Gasteiger partial charge in [0, 0.05) is 40.3 Å². The SMILES string of the molecule is CN(CCCCOCCCCc1cccc2c1N(C)CN2C1CCC(=O)NC1=O)C(=O)OC(C)(C)C. The molecule has 1 saturated heterocycles. The van der Waals surface area contributed by atoms with Crippen LogP contribution in [0.1, 0.15) is 64.9 Å². The number of nitrogens with one attached hydrogen (secondary N) is 1. The molecule has 0 aliphatic carbocycles. The van der Waals surface area contributed by atoms with Crippen LogP contribution in [0.2, 0.25) is 0 Å². The number of anilines is 2. The van der Waals surface area contributed by atoms with Crippen molar-refractivity contribution in [2.24, 2.45) is 0 Å². The van der Waals surface area contributed by atoms with E-state index in [1.165, 1.54) is 11.3 Å². The summed E-state index contributed by atoms with van der Waals surface area (Å²) in [5.41, 5.74) is 3.04. The van der Waals surface area contributed by atoms with Crippen LogP contribution in [0.5, 0.6) is 0 Å². The maximum atomic E-state index is 12.4. The Morgan fingerprint density at radius 1 is 1.14 bits per heavy atom. The van der Waals surface area contributed by atoms with Gasteiger partial charge in [-0.2, -0.15) is 0 Å². The lowest BCUT2D eigenvalue weighted by Crippen LogP contribution is -2.53. The summed E-state index contributed by atoms with van der Waals surface area (Å²) in [6.07, 6.45) is 5.36. The highest BCUT2D eigenvalue weighted by atomic mass is 16.6. The molecule has 1 N–H and O–H groups in total. The van der Waals surface area contributed by atoms with E-state index < -0.39 is 5.60 Å². The van der Waals surface area contributed by atoms with Crippen molar-refractivity contribution in [3.05, 3.63) is 23.8 Å². The molecule has 0 aromatic heterocycles. The number of unbranched alkanes of at least 4 members (excludes halogenated alkanes) is 2. The Kier molecular flexibility index (Phi) is 9.59. The number of nitrogens with zero attached hydrogens (tertiary/aromatic N) is 3. The quantitative estimate of drug-likeness (QED) is 0.364. The van der Waals surface area contributed by atoms with E-state index in [0.29, 0.717) is 32.7 Å². The number of carbonyl (C=O) groups excluding carboxylic acids is 3. The van der Waals surface area contributed by atoms with E-state index in [9.17, 15) is 14.4 Å². The van der Waals surface area contributed by atoms with E-state index in [0.717, 1.165) is 44.4 Å². The van der Waals surface area contributed by atoms with Crippen LogP contribution in [0, 0.1) is 0 Å². The van der Waals surface area contributed by atoms with Gasteiger partial charge in [-0.1, -0.05) is 12.1 Å². The molecular weight excluding hydrogens is 460 g/mol. The number of carbonyl (C=O) groups is 3. The van der Waals surface area contributed by atoms with Crippen LogP contribution < -0.4 is 15.1 Å². The number of ether oxygens (including phenoxy) is 2. The molecule has 1 fully saturated rings. The summed E-state index contributed by atoms with van der Waals surface area (Å²) in [6.45, 7) is 8.30. The summed E-state index contributed by atoms with van der Waals surface area (Å²) >= 11 is 0. The van der Waals surface area contributed by atoms with Gasteiger partial charge in [-0.25, -0.2) is 4.79 Å². The van der Waals surface area contributed by atoms with Crippen molar-refractivity contribution in [3.63, 3.8) is 0 Å². The van der Waals surface area contributed by atoms with Crippen LogP contribution >= 0.6 is 0 Å². The lowest BCUT2D eigenvalue weighted by molar-refractivity contribution is -0.134. The zero-order valence-corrected chi connectivity index (χ0v) is 22.5. The minimum Gasteiger partial charge on any atom is -0.444 e. The van der Waals surface area contributed by atoms with Gasteiger partial charge in [0.1, 0.15) is 11.6 Å². The standard InChI is InChI=1S/C27H42N4O5/c1-27(2,3)36-26(34)29(4)16-7-9-18-35-17-8-6-11-20-12-10-13-21-24(20)30(5)19-31(21)22-14-15-23(32)28-25(22)33/h10,12-13,22H,6-9,11,14-19H2,1-5H3,(H,28,32,33). The number of rotatable bonds is 11. The fourth-order valence-corrected chi connectivity index (χ4v) is 4.68. The van der Waals surface area contributed by atoms with Crippen LogP contribution in [0.15, 0.2) is 18.2 Å². The van der Waals surface area contributed by atoms with Crippen molar-refractivity contribution in [1.82, 2.24) is 10.2 Å². The largest absolute Gasteiger partial charge is 0.444 e. The predicted molar refractivity (Wildman–Crippen MR) is 140 cm³/mol. The Morgan fingerprint density at radius 2 is 1.86 bits per heavy atom. The second kappa shape index (κ2) is 12.4. The zero-order chi connectivity index (χ0) is 26.3. The molecule has 1 unspecified atom stereocenters. The van der Waals surface area contributed by atoms with E-state index in [1.807, 2.05) is 20.8 Å². The first kappa shape index (κ1) is 27.8. The maximum Gasteiger partial charge on any atom is 0.410 e. The summed E-state index contributed by atoms with van der Waals surface area (Å²) in [7, 11) is 3.81. The molecule has 0 bridgehead atoms. The zero-order valence-electron chi connectivity index (χ0n) is 22.5. The monoisotopic (exact) mass is 502 g/mol. The molecule has 1 atom stereocenters. The number of hydrogen-bond acceptors (Lipinski definition) is 7. The van der Waals surface area contributed by atoms with Crippen LogP contribution in [0.3, 0.4) is 0 Å². The van der Waals surface area contributed by atoms with Crippen molar-refractivity contribution >= 4 is 29.3 Å². The fourth-order valence-electron chi connectivity index (χ4n) is 4.68. The Balaban J connectivity index is 1.36. The molecule has 200 valence electrons. The lowest BCUT2D eigenvalue weighted by Gasteiger charge is -2.31. The number of amides is 3. The van der Waals surface area contributed by atoms with Gasteiger partial charge in [-0.3, -0.25) is 14.9 Å². The van der Waals surface area contributed by atoms with Crippen LogP contribution in [-0.2, 0) is 25.5 Å². The summed E-state index contributed by atoms with van der Waals surface area (Å²) in [6, 6.07) is 5.97. The van der Waals surface area contributed by atoms with Gasteiger partial charge in [0.25, 0.3) is 0 Å². The van der Waals surface area contributed by atoms with E-state index in [-0.39, 0.29) is 23.9 Å². The number of benzene rings is 1. The molecule has 2 heterocycles. The van der Waals surface area contributed by atoms with Gasteiger partial charge < -0.3 is 24.2 Å². The van der Waals surface area contributed by atoms with Gasteiger partial charge >= 0.3 is 6.09 Å². The molecule has 9 heteroatoms. The third kappa shape index (κ3) is 7.59. The molecule has 0 saturated carbocycles. The minimum atomic E-state index is -0.476. The Bertz CT molecular complexity index is 929. The summed E-state index contributed by atoms with van der Waals surface area (Å²) in [4.78, 5) is 41.8. The average Bonchev–Trinajstić information content (AvgIpc) is 3.13. The van der Waals surface area contributed by atoms with E-state index in [4.69, 9.17) is 9.47 Å². The third-order valence-electron chi connectivity index (χ3n) is 6.46. The Labute approximate surface area is 215 Å². The van der Waals surface area contributed by atoms with Crippen molar-refractivity contribution in [2.45, 2.75) is 77.4 Å². The Morgan fingerprint density at radius 3 is 2.56 bits per heavy atom. The molecule has 3 amide bonds. The van der Waals surface area contributed by atoms with Crippen LogP contribution in [0.25, 0.3) is 0 Å². The first-order valence-electron chi connectivity index (χ1n) is 13.0. The highest BCUT2D eigenvalue weighted by Gasteiger charge is 2.37. The minimum absolute atomic E-state index is 0.187. The molecule has 9 nitrogen and oxygen atoms in total. The molecule has 2 aliphatic heterocycles. The topological polar surface area (TPSA) is 91.4 Å². The highest BCUT2D eigenvalue weighted by Crippen LogP contribution is 2.40. The number of imide groups is 1. The summed E-state index contributed by atoms with van der Waals surface area (Å²) < 4.78 is 11.2. The summed E-state index contributed by atoms with van der Waals surface area (Å²) in [5, 5.41) is 2.48. The maximum absolute atomic E-state index is 12.4. The number of fused-ring (bicyclic) bond motifs is 1. The smallest absolute Gasteiger partial charge is 0.410 e. The van der Waals surface area contributed by atoms with E-state index in [2.05, 4.69) is 40.4 Å². The molecule has 0 radical (unpaired) electrons. The van der Waals surface area contributed by atoms with Gasteiger partial charge in [-0.05, 0) is 70.9 Å². The molecule has 1 aromatic rings. The Hall–Kier alpha value is -2.81. The van der Waals surface area contributed by atoms with E-state index in [1.54, 1.807) is 11.9 Å². The third-order valence-corrected chi connectivity index (χ3v) is 6.46. The van der Waals surface area contributed by atoms with Crippen molar-refractivity contribution in [3.8, 4) is 0 Å². The molecule has 36 heavy (non-hydrogen) atoms. The van der Waals surface area contributed by atoms with Gasteiger partial charge in [0.05, 0.1) is 18.0 Å². The molecule has 1 aromatic carbocycles. The average molecular weight is 503 g/mol. The first-order valence-corrected chi connectivity index (χ1v) is 13.0. The highest BCUT2D eigenvalue weighted by molar-refractivity contribution is 6.02. The van der Waals surface area contributed by atoms with Crippen molar-refractivity contribution in [1.29, 1.82) is 0 Å². The summed E-state index contributed by atoms with van der Waals surface area (Å²) in [5.74, 6) is -0.389. The number of aryl methyl sites for hydroxylation is 1. The van der Waals surface area contributed by atoms with Gasteiger partial charge in [0.2, 0.25) is 11.8 Å². The molecular formula is C27H42N4O5. The van der Waals surface area contributed by atoms with Crippen molar-refractivity contribution in [2.75, 3.05) is 50.3 Å². The number of hydrogen-bond donors (Lipinski definition) is 1. The second-order valence-electron chi connectivity index (χ2n) is 10.7. The number of para-hydroxylation sites is 1. The van der Waals surface area contributed by atoms with E-state index >= 15 is 0 Å². The van der Waals surface area contributed by atoms with Crippen LogP contribution in [-0.4, -0.2) is 75.0 Å². The predicted octanol–water partition coefficient (Wildman–Crippen LogP) is 3.69. The second-order valence-corrected chi connectivity index (χ2v) is 10.7. The normalized spacial score (nSPS) is 17.8. The lowest BCUT2D eigenvalue weighted by atomic mass is 10.0.